The Morgan fingerprint density at radius 1 is 0.625 bits per heavy atom. The molecule has 0 aliphatic carbocycles. The Kier molecular flexibility index (Phi) is 22.8. The molecule has 0 amide bonds. The predicted octanol–water partition coefficient (Wildman–Crippen LogP) is 5.44. The second kappa shape index (κ2) is 20.2. The highest BCUT2D eigenvalue weighted by molar-refractivity contribution is 7.46. The van der Waals surface area contributed by atoms with Crippen LogP contribution in [0.4, 0.5) is 0 Å². The van der Waals surface area contributed by atoms with E-state index in [9.17, 15) is 4.57 Å². The molecule has 0 saturated carbocycles. The Morgan fingerprint density at radius 3 is 1.21 bits per heavy atom. The molecule has 4 nitrogen and oxygen atoms in total. The van der Waals surface area contributed by atoms with Crippen molar-refractivity contribution in [2.45, 2.75) is 110 Å². The number of phosphoric ester groups is 1. The van der Waals surface area contributed by atoms with Crippen LogP contribution in [-0.2, 0) is 9.09 Å². The van der Waals surface area contributed by atoms with E-state index in [1.165, 1.54) is 83.5 Å². The van der Waals surface area contributed by atoms with E-state index in [1.54, 1.807) is 0 Å². The number of unbranched alkanes of at least 4 members (excludes halogenated alkanes) is 15. The molecule has 0 atom stereocenters. The lowest BCUT2D eigenvalue weighted by atomic mass is 10.0. The average Bonchev–Trinajstić information content (AvgIpc) is 2.49. The molecule has 0 heterocycles. The van der Waals surface area contributed by atoms with Crippen molar-refractivity contribution in [1.29, 1.82) is 0 Å². The lowest BCUT2D eigenvalue weighted by Gasteiger charge is -2.05. The van der Waals surface area contributed by atoms with Crippen LogP contribution in [0.5, 0.6) is 0 Å². The summed E-state index contributed by atoms with van der Waals surface area (Å²) in [4.78, 5) is 17.1. The zero-order valence-corrected chi connectivity index (χ0v) is 16.1. The molecule has 24 heavy (non-hydrogen) atoms. The molecule has 0 aromatic heterocycles. The molecule has 0 saturated heterocycles. The maximum absolute atomic E-state index is 10.5. The van der Waals surface area contributed by atoms with Crippen LogP contribution in [0.15, 0.2) is 0 Å². The van der Waals surface area contributed by atoms with Gasteiger partial charge in [-0.15, -0.1) is 0 Å². The molecule has 0 radical (unpaired) electrons. The van der Waals surface area contributed by atoms with E-state index in [1.807, 2.05) is 0 Å². The van der Waals surface area contributed by atoms with Gasteiger partial charge in [0.15, 0.2) is 0 Å². The topological polar surface area (TPSA) is 66.8 Å². The Hall–Kier alpha value is 0.876. The Morgan fingerprint density at radius 2 is 0.917 bits per heavy atom. The highest BCUT2D eigenvalue weighted by Crippen LogP contribution is 2.35. The average molecular weight is 377 g/mol. The van der Waals surface area contributed by atoms with Gasteiger partial charge < -0.3 is 9.79 Å². The summed E-state index contributed by atoms with van der Waals surface area (Å²) in [7, 11) is -4.26. The summed E-state index contributed by atoms with van der Waals surface area (Å²) >= 11 is 0. The smallest absolute Gasteiger partial charge is 0.303 e. The van der Waals surface area contributed by atoms with Crippen LogP contribution < -0.4 is 0 Å². The third-order valence-electron chi connectivity index (χ3n) is 4.26. The molecule has 0 rings (SSSR count). The minimum Gasteiger partial charge on any atom is -0.303 e. The maximum atomic E-state index is 10.5. The summed E-state index contributed by atoms with van der Waals surface area (Å²) in [6.07, 6.45) is 20.7. The summed E-state index contributed by atoms with van der Waals surface area (Å²) < 4.78 is 14.9. The van der Waals surface area contributed by atoms with E-state index in [0.717, 1.165) is 19.3 Å². The van der Waals surface area contributed by atoms with Gasteiger partial charge in [-0.3, -0.25) is 4.52 Å². The number of phosphoric acid groups is 1. The molecule has 0 aliphatic heterocycles. The van der Waals surface area contributed by atoms with E-state index in [0.29, 0.717) is 0 Å². The van der Waals surface area contributed by atoms with Gasteiger partial charge in [0.1, 0.15) is 0 Å². The normalized spacial score (nSPS) is 11.5. The van der Waals surface area contributed by atoms with Gasteiger partial charge in [-0.2, -0.15) is 0 Å². The summed E-state index contributed by atoms with van der Waals surface area (Å²) in [6, 6.07) is 0. The Bertz CT molecular complexity index is 284. The number of hydrogen-bond acceptors (Lipinski definition) is 2. The predicted molar refractivity (Wildman–Crippen MR) is 106 cm³/mol. The molecule has 2 N–H and O–H groups in total. The quantitative estimate of drug-likeness (QED) is 0.190. The number of rotatable bonds is 18. The largest absolute Gasteiger partial charge is 0.469 e. The SMILES string of the molecule is CCCCCCCCCCCCCCCCCCOP(=O)(O)O.[MgH2]. The molecular weight excluding hydrogens is 335 g/mol. The molecule has 6 heteroatoms. The van der Waals surface area contributed by atoms with Crippen molar-refractivity contribution in [3.8, 4) is 0 Å². The third-order valence-corrected chi connectivity index (χ3v) is 4.78. The third kappa shape index (κ3) is 25.1. The second-order valence-electron chi connectivity index (χ2n) is 6.63. The monoisotopic (exact) mass is 376 g/mol. The van der Waals surface area contributed by atoms with Crippen molar-refractivity contribution in [2.75, 3.05) is 6.61 Å². The first-order chi connectivity index (χ1) is 11.1. The molecule has 0 unspecified atom stereocenters. The molecular formula is C18H41MgO4P. The molecule has 0 aliphatic rings. The Balaban J connectivity index is 0. The van der Waals surface area contributed by atoms with Crippen molar-refractivity contribution in [3.63, 3.8) is 0 Å². The van der Waals surface area contributed by atoms with Crippen molar-refractivity contribution in [2.24, 2.45) is 0 Å². The van der Waals surface area contributed by atoms with Gasteiger partial charge in [0.25, 0.3) is 0 Å². The highest BCUT2D eigenvalue weighted by atomic mass is 31.2. The van der Waals surface area contributed by atoms with Gasteiger partial charge in [0.05, 0.1) is 6.61 Å². The first-order valence-electron chi connectivity index (χ1n) is 9.76. The van der Waals surface area contributed by atoms with Crippen LogP contribution in [0.3, 0.4) is 0 Å². The molecule has 144 valence electrons. The summed E-state index contributed by atoms with van der Waals surface area (Å²) in [5.41, 5.74) is 0. The molecule has 0 aromatic rings. The molecule has 0 spiro atoms. The fourth-order valence-electron chi connectivity index (χ4n) is 2.83. The summed E-state index contributed by atoms with van der Waals surface area (Å²) in [6.45, 7) is 2.43. The van der Waals surface area contributed by atoms with E-state index >= 15 is 0 Å². The first-order valence-corrected chi connectivity index (χ1v) is 11.3. The van der Waals surface area contributed by atoms with Crippen LogP contribution in [0.25, 0.3) is 0 Å². The number of hydrogen-bond donors (Lipinski definition) is 2. The lowest BCUT2D eigenvalue weighted by molar-refractivity contribution is 0.193. The molecule has 0 aromatic carbocycles. The van der Waals surface area contributed by atoms with Crippen molar-refractivity contribution < 1.29 is 18.9 Å². The zero-order valence-electron chi connectivity index (χ0n) is 15.2. The standard InChI is InChI=1S/C18H39O4P.Mg.2H/c1-2-3-4-5-6-7-8-9-10-11-12-13-14-15-16-17-18-22-23(19,20)21;;;/h2-18H2,1H3,(H2,19,20,21);;;. The first kappa shape index (κ1) is 27.1. The lowest BCUT2D eigenvalue weighted by Crippen LogP contribution is -1.92. The van der Waals surface area contributed by atoms with Gasteiger partial charge in [-0.05, 0) is 6.42 Å². The fourth-order valence-corrected chi connectivity index (χ4v) is 3.20. The van der Waals surface area contributed by atoms with Crippen molar-refractivity contribution in [3.05, 3.63) is 0 Å². The van der Waals surface area contributed by atoms with Crippen molar-refractivity contribution >= 4 is 30.9 Å². The van der Waals surface area contributed by atoms with Crippen LogP contribution in [0.2, 0.25) is 0 Å². The molecule has 0 fully saturated rings. The summed E-state index contributed by atoms with van der Waals surface area (Å²) in [5, 5.41) is 0. The second-order valence-corrected chi connectivity index (χ2v) is 7.87. The minimum atomic E-state index is -4.26. The van der Waals surface area contributed by atoms with Crippen LogP contribution in [-0.4, -0.2) is 39.4 Å². The van der Waals surface area contributed by atoms with Crippen molar-refractivity contribution in [1.82, 2.24) is 0 Å². The Labute approximate surface area is 165 Å². The van der Waals surface area contributed by atoms with Gasteiger partial charge in [-0.25, -0.2) is 4.57 Å². The van der Waals surface area contributed by atoms with E-state index in [4.69, 9.17) is 9.79 Å². The minimum absolute atomic E-state index is 0. The van der Waals surface area contributed by atoms with Crippen LogP contribution >= 0.6 is 7.82 Å². The van der Waals surface area contributed by atoms with Gasteiger partial charge in [0.2, 0.25) is 0 Å². The summed E-state index contributed by atoms with van der Waals surface area (Å²) in [5.74, 6) is 0. The van der Waals surface area contributed by atoms with Crippen LogP contribution in [0.1, 0.15) is 110 Å². The van der Waals surface area contributed by atoms with E-state index in [2.05, 4.69) is 11.4 Å². The highest BCUT2D eigenvalue weighted by Gasteiger charge is 2.12. The van der Waals surface area contributed by atoms with Crippen LogP contribution in [0, 0.1) is 0 Å². The van der Waals surface area contributed by atoms with Gasteiger partial charge in [-0.1, -0.05) is 103 Å². The van der Waals surface area contributed by atoms with Gasteiger partial charge >= 0.3 is 30.9 Å². The maximum Gasteiger partial charge on any atom is 0.469 e. The van der Waals surface area contributed by atoms with Gasteiger partial charge in [0, 0.05) is 0 Å². The fraction of sp³-hybridized carbons (Fsp3) is 1.00. The zero-order chi connectivity index (χ0) is 17.2. The molecule has 0 bridgehead atoms. The van der Waals surface area contributed by atoms with E-state index in [-0.39, 0.29) is 29.7 Å². The van der Waals surface area contributed by atoms with E-state index < -0.39 is 7.82 Å².